The van der Waals surface area contributed by atoms with Crippen molar-refractivity contribution in [1.29, 1.82) is 0 Å². The van der Waals surface area contributed by atoms with Crippen LogP contribution in [0.15, 0.2) is 0 Å². The molecule has 6 nitrogen and oxygen atoms in total. The SMILES string of the molecule is CCO.O=[PH]([O-])O[PH](=O)[O-].[Ba+2]. The van der Waals surface area contributed by atoms with E-state index >= 15 is 0 Å². The quantitative estimate of drug-likeness (QED) is 0.470. The van der Waals surface area contributed by atoms with Gasteiger partial charge in [0.1, 0.15) is 16.5 Å². The van der Waals surface area contributed by atoms with E-state index in [1.807, 2.05) is 0 Å². The number of rotatable bonds is 2. The third kappa shape index (κ3) is 33.6. The van der Waals surface area contributed by atoms with Crippen LogP contribution in [0.2, 0.25) is 0 Å². The smallest absolute Gasteiger partial charge is 0.781 e. The maximum Gasteiger partial charge on any atom is 2.00 e. The average Bonchev–Trinajstić information content (AvgIpc) is 1.62. The van der Waals surface area contributed by atoms with E-state index < -0.39 is 16.5 Å². The Morgan fingerprint density at radius 1 is 1.36 bits per heavy atom. The van der Waals surface area contributed by atoms with Gasteiger partial charge in [0, 0.05) is 6.61 Å². The van der Waals surface area contributed by atoms with Crippen LogP contribution in [-0.4, -0.2) is 60.6 Å². The zero-order chi connectivity index (χ0) is 8.57. The fourth-order valence-electron chi connectivity index (χ4n) is 0.0680. The number of aliphatic hydroxyl groups is 1. The van der Waals surface area contributed by atoms with E-state index in [0.29, 0.717) is 0 Å². The summed E-state index contributed by atoms with van der Waals surface area (Å²) in [7, 11) is -7.03. The van der Waals surface area contributed by atoms with E-state index in [1.54, 1.807) is 6.92 Å². The third-order valence-electron chi connectivity index (χ3n) is 0.167. The molecule has 0 spiro atoms. The third-order valence-corrected chi connectivity index (χ3v) is 1.50. The van der Waals surface area contributed by atoms with Gasteiger partial charge in [0.15, 0.2) is 0 Å². The van der Waals surface area contributed by atoms with Gasteiger partial charge in [-0.15, -0.1) is 0 Å². The second-order valence-electron chi connectivity index (χ2n) is 0.918. The van der Waals surface area contributed by atoms with Crippen molar-refractivity contribution in [3.63, 3.8) is 0 Å². The summed E-state index contributed by atoms with van der Waals surface area (Å²) < 4.78 is 21.8. The second kappa shape index (κ2) is 14.4. The Bertz CT molecular complexity index is 105. The van der Waals surface area contributed by atoms with Crippen LogP contribution in [0.3, 0.4) is 0 Å². The van der Waals surface area contributed by atoms with E-state index in [1.165, 1.54) is 0 Å². The molecule has 1 N–H and O–H groups in total. The summed E-state index contributed by atoms with van der Waals surface area (Å²) in [5, 5.41) is 7.57. The van der Waals surface area contributed by atoms with E-state index in [-0.39, 0.29) is 55.5 Å². The van der Waals surface area contributed by atoms with Crippen molar-refractivity contribution in [3.05, 3.63) is 0 Å². The van der Waals surface area contributed by atoms with Gasteiger partial charge in [-0.2, -0.15) is 0 Å². The minimum atomic E-state index is -3.51. The molecule has 0 aliphatic carbocycles. The summed E-state index contributed by atoms with van der Waals surface area (Å²) in [6.07, 6.45) is 0. The topological polar surface area (TPSA) is 110 Å². The Morgan fingerprint density at radius 2 is 1.55 bits per heavy atom. The van der Waals surface area contributed by atoms with Gasteiger partial charge < -0.3 is 24.0 Å². The molecule has 0 rings (SSSR count). The molecule has 0 bridgehead atoms. The van der Waals surface area contributed by atoms with E-state index in [0.717, 1.165) is 0 Å². The Morgan fingerprint density at radius 3 is 1.55 bits per heavy atom. The second-order valence-corrected chi connectivity index (χ2v) is 2.73. The molecule has 2 unspecified atom stereocenters. The summed E-state index contributed by atoms with van der Waals surface area (Å²) in [6.45, 7) is 1.93. The first-order valence-electron chi connectivity index (χ1n) is 2.25. The van der Waals surface area contributed by atoms with Crippen molar-refractivity contribution in [2.75, 3.05) is 6.61 Å². The van der Waals surface area contributed by atoms with Gasteiger partial charge in [-0.05, 0) is 6.92 Å². The first-order chi connectivity index (χ1) is 4.54. The van der Waals surface area contributed by atoms with Crippen molar-refractivity contribution in [3.8, 4) is 0 Å². The molecule has 0 saturated carbocycles. The molecule has 0 fully saturated rings. The Balaban J connectivity index is -0.000000140. The zero-order valence-corrected chi connectivity index (χ0v) is 12.3. The molecule has 0 heterocycles. The molecule has 64 valence electrons. The standard InChI is InChI=1S/C2H6O.Ba.H4O5P2/c1-2-3;;1-6(2)5-7(3)4/h3H,2H2,1H3;;6-7H,(H,1,2)(H,3,4)/q;+2;/p-2. The molecule has 0 aromatic heterocycles. The maximum atomic E-state index is 9.29. The predicted molar refractivity (Wildman–Crippen MR) is 37.6 cm³/mol. The van der Waals surface area contributed by atoms with E-state index in [4.69, 9.17) is 5.11 Å². The molecule has 0 saturated heterocycles. The minimum Gasteiger partial charge on any atom is -0.781 e. The first-order valence-corrected chi connectivity index (χ1v) is 4.70. The molecule has 9 heteroatoms. The maximum absolute atomic E-state index is 9.29. The monoisotopic (exact) mass is 328 g/mol. The van der Waals surface area contributed by atoms with Crippen molar-refractivity contribution in [2.24, 2.45) is 0 Å². The van der Waals surface area contributed by atoms with Crippen LogP contribution >= 0.6 is 16.5 Å². The number of hydrogen-bond donors (Lipinski definition) is 1. The molecular formula is C2H8BaO6P2. The molecule has 0 radical (unpaired) electrons. The summed E-state index contributed by atoms with van der Waals surface area (Å²) in [4.78, 5) is 18.6. The van der Waals surface area contributed by atoms with Crippen LogP contribution in [0.5, 0.6) is 0 Å². The Kier molecular flexibility index (Phi) is 24.4. The van der Waals surface area contributed by atoms with Crippen molar-refractivity contribution < 1.29 is 28.3 Å². The molecular weight excluding hydrogens is 319 g/mol. The minimum absolute atomic E-state index is 0. The van der Waals surface area contributed by atoms with Gasteiger partial charge in [0.2, 0.25) is 0 Å². The predicted octanol–water partition coefficient (Wildman–Crippen LogP) is -1.88. The summed E-state index contributed by atoms with van der Waals surface area (Å²) in [6, 6.07) is 0. The summed E-state index contributed by atoms with van der Waals surface area (Å²) >= 11 is 0. The van der Waals surface area contributed by atoms with Crippen LogP contribution in [0, 0.1) is 0 Å². The van der Waals surface area contributed by atoms with Crippen LogP contribution in [0.1, 0.15) is 6.92 Å². The molecule has 0 aromatic carbocycles. The molecule has 0 aliphatic heterocycles. The van der Waals surface area contributed by atoms with E-state index in [9.17, 15) is 18.9 Å². The van der Waals surface area contributed by atoms with Gasteiger partial charge in [0.05, 0.1) is 0 Å². The van der Waals surface area contributed by atoms with Crippen molar-refractivity contribution >= 4 is 65.4 Å². The van der Waals surface area contributed by atoms with Gasteiger partial charge >= 0.3 is 48.9 Å². The normalized spacial score (nSPS) is 13.5. The van der Waals surface area contributed by atoms with E-state index in [2.05, 4.69) is 4.31 Å². The van der Waals surface area contributed by atoms with Crippen LogP contribution in [-0.2, 0) is 13.4 Å². The molecule has 0 aliphatic rings. The first kappa shape index (κ1) is 18.6. The van der Waals surface area contributed by atoms with Gasteiger partial charge in [-0.3, -0.25) is 4.31 Å². The fraction of sp³-hybridized carbons (Fsp3) is 1.00. The zero-order valence-electron chi connectivity index (χ0n) is 5.90. The fourth-order valence-corrected chi connectivity index (χ4v) is 0.612. The average molecular weight is 327 g/mol. The number of hydrogen-bond acceptors (Lipinski definition) is 6. The molecule has 0 aromatic rings. The molecule has 2 atom stereocenters. The van der Waals surface area contributed by atoms with Crippen molar-refractivity contribution in [2.45, 2.75) is 6.92 Å². The van der Waals surface area contributed by atoms with Gasteiger partial charge in [-0.25, -0.2) is 0 Å². The molecule has 11 heavy (non-hydrogen) atoms. The Labute approximate surface area is 106 Å². The Hall–Kier alpha value is 1.87. The molecule has 0 amide bonds. The van der Waals surface area contributed by atoms with Gasteiger partial charge in [-0.1, -0.05) is 0 Å². The largest absolute Gasteiger partial charge is 2.00 e. The summed E-state index contributed by atoms with van der Waals surface area (Å²) in [5.74, 6) is 0. The summed E-state index contributed by atoms with van der Waals surface area (Å²) in [5.41, 5.74) is 0. The van der Waals surface area contributed by atoms with Crippen LogP contribution < -0.4 is 9.79 Å². The van der Waals surface area contributed by atoms with Crippen molar-refractivity contribution in [1.82, 2.24) is 0 Å². The van der Waals surface area contributed by atoms with Crippen LogP contribution in [0.4, 0.5) is 0 Å². The number of aliphatic hydroxyl groups excluding tert-OH is 1. The van der Waals surface area contributed by atoms with Gasteiger partial charge in [0.25, 0.3) is 0 Å². The van der Waals surface area contributed by atoms with Crippen LogP contribution in [0.25, 0.3) is 0 Å².